The Bertz CT molecular complexity index is 2060. The molecule has 0 unspecified atom stereocenters. The van der Waals surface area contributed by atoms with Gasteiger partial charge in [-0.1, -0.05) is 25.2 Å². The van der Waals surface area contributed by atoms with Gasteiger partial charge in [-0.15, -0.1) is 0 Å². The number of hydrogen-bond acceptors (Lipinski definition) is 6. The van der Waals surface area contributed by atoms with E-state index in [4.69, 9.17) is 9.47 Å². The van der Waals surface area contributed by atoms with Crippen LogP contribution in [0, 0.1) is 38.5 Å². The molecule has 9 nitrogen and oxygen atoms in total. The molecule has 3 atom stereocenters. The van der Waals surface area contributed by atoms with E-state index in [2.05, 4.69) is 65.8 Å². The fraction of sp³-hybridized carbons (Fsp3) is 0.342. The maximum Gasteiger partial charge on any atom is 0.321 e. The number of methoxy groups -OCH3 is 1. The first-order valence-electron chi connectivity index (χ1n) is 16.0. The van der Waals surface area contributed by atoms with Crippen LogP contribution < -0.4 is 16.0 Å². The Balaban J connectivity index is 1.59. The molecule has 3 aliphatic rings. The number of ketones is 1. The third kappa shape index (κ3) is 5.53. The van der Waals surface area contributed by atoms with Gasteiger partial charge in [0.05, 0.1) is 12.8 Å². The number of nitrogens with one attached hydrogen (secondary N) is 4. The molecule has 1 fully saturated rings. The van der Waals surface area contributed by atoms with Crippen LogP contribution in [0.25, 0.3) is 29.9 Å². The number of esters is 2. The molecule has 4 N–H and O–H groups in total. The highest BCUT2D eigenvalue weighted by atomic mass is 16.5. The number of Topliss-reactive ketones (excluding diaryl/α,β-unsaturated/α-hetero) is 1. The highest BCUT2D eigenvalue weighted by Crippen LogP contribution is 2.48. The van der Waals surface area contributed by atoms with Crippen molar-refractivity contribution >= 4 is 47.6 Å². The minimum absolute atomic E-state index is 0.0756. The number of hydrogen-bond donors (Lipinski definition) is 4. The number of aromatic amines is 3. The first-order chi connectivity index (χ1) is 22.4. The molecule has 47 heavy (non-hydrogen) atoms. The van der Waals surface area contributed by atoms with Gasteiger partial charge in [0.1, 0.15) is 12.5 Å². The van der Waals surface area contributed by atoms with Crippen molar-refractivity contribution in [2.45, 2.75) is 54.4 Å². The normalized spacial score (nSPS) is 23.5. The Kier molecular flexibility index (Phi) is 8.34. The molecule has 8 bridgehead atoms. The predicted molar refractivity (Wildman–Crippen MR) is 183 cm³/mol. The lowest BCUT2D eigenvalue weighted by Crippen LogP contribution is -2.25. The van der Waals surface area contributed by atoms with E-state index in [1.807, 2.05) is 39.0 Å². The summed E-state index contributed by atoms with van der Waals surface area (Å²) in [6.07, 6.45) is 10.5. The first kappa shape index (κ1) is 31.9. The number of aryl methyl sites for hydroxylation is 1. The molecule has 244 valence electrons. The number of aromatic nitrogens is 3. The molecular weight excluding hydrogens is 592 g/mol. The van der Waals surface area contributed by atoms with E-state index in [1.165, 1.54) is 7.11 Å². The smallest absolute Gasteiger partial charge is 0.321 e. The Morgan fingerprint density at radius 2 is 1.74 bits per heavy atom. The molecule has 9 heteroatoms. The van der Waals surface area contributed by atoms with Gasteiger partial charge in [0.2, 0.25) is 0 Å². The number of rotatable bonds is 7. The standard InChI is InChI=1S/C38H42N4O5/c1-9-24-20(5)28-17-29-21(6)25(10-11-31(43)47-13-12-18(2)3)35(41-29)33-34(38(45)46-8)37(44)32-22(7)27(42-36(32)33)15-23-14-19(4)26(39-23)16-30(24)40-28/h9,12,14-17,21,25,34,39-42H,1,10-11,13H2,2-8H3/b23-15-,26-16-,29-17-,35-33-/t21-,25-,34+/m0/s1. The Morgan fingerprint density at radius 1 is 1.00 bits per heavy atom. The van der Waals surface area contributed by atoms with E-state index in [1.54, 1.807) is 0 Å². The van der Waals surface area contributed by atoms with Crippen LogP contribution in [0.2, 0.25) is 0 Å². The summed E-state index contributed by atoms with van der Waals surface area (Å²) < 4.78 is 10.7. The topological polar surface area (TPSA) is 129 Å². The molecule has 3 aromatic rings. The molecule has 1 saturated heterocycles. The summed E-state index contributed by atoms with van der Waals surface area (Å²) in [6, 6.07) is 2.07. The van der Waals surface area contributed by atoms with Gasteiger partial charge in [0.15, 0.2) is 5.78 Å². The number of carbonyl (C=O) groups excluding carboxylic acids is 3. The summed E-state index contributed by atoms with van der Waals surface area (Å²) in [7, 11) is 1.30. The maximum absolute atomic E-state index is 14.1. The van der Waals surface area contributed by atoms with E-state index in [0.29, 0.717) is 23.3 Å². The number of H-pyrrole nitrogens is 3. The van der Waals surface area contributed by atoms with Crippen LogP contribution in [0.5, 0.6) is 0 Å². The van der Waals surface area contributed by atoms with Crippen molar-refractivity contribution < 1.29 is 23.9 Å². The first-order valence-corrected chi connectivity index (χ1v) is 16.0. The van der Waals surface area contributed by atoms with Crippen molar-refractivity contribution in [1.29, 1.82) is 0 Å². The van der Waals surface area contributed by atoms with Crippen molar-refractivity contribution in [2.75, 3.05) is 13.7 Å². The van der Waals surface area contributed by atoms with Gasteiger partial charge in [-0.3, -0.25) is 14.4 Å². The largest absolute Gasteiger partial charge is 0.468 e. The summed E-state index contributed by atoms with van der Waals surface area (Å²) in [5.74, 6) is -2.63. The molecule has 0 amide bonds. The van der Waals surface area contributed by atoms with E-state index < -0.39 is 11.9 Å². The SMILES string of the molecule is C=Cc1c2[nH]c(c1C)/C=C1\N/C(=C3\c4[nH]c(c(C)c4C(=O)[C@@H]3C(=O)OC)/C=c3/cc(C)/c([nH]3)=C/2)[C@@H](CCC(=O)OCC=C(C)C)[C@@H]1C. The van der Waals surface area contributed by atoms with Crippen LogP contribution in [0.3, 0.4) is 0 Å². The van der Waals surface area contributed by atoms with Gasteiger partial charge in [0.25, 0.3) is 0 Å². The Labute approximate surface area is 274 Å². The molecule has 0 saturated carbocycles. The van der Waals surface area contributed by atoms with Crippen LogP contribution in [0.1, 0.15) is 89.0 Å². The summed E-state index contributed by atoms with van der Waals surface area (Å²) in [5.41, 5.74) is 10.9. The van der Waals surface area contributed by atoms with Gasteiger partial charge in [-0.2, -0.15) is 0 Å². The molecule has 0 radical (unpaired) electrons. The van der Waals surface area contributed by atoms with Crippen LogP contribution in [0.15, 0.2) is 35.7 Å². The van der Waals surface area contributed by atoms with Gasteiger partial charge in [0, 0.05) is 74.1 Å². The van der Waals surface area contributed by atoms with E-state index in [-0.39, 0.29) is 36.6 Å². The summed E-state index contributed by atoms with van der Waals surface area (Å²) in [4.78, 5) is 50.9. The monoisotopic (exact) mass is 634 g/mol. The number of allylic oxidation sites excluding steroid dienone is 3. The van der Waals surface area contributed by atoms with E-state index >= 15 is 0 Å². The average Bonchev–Trinajstić information content (AvgIpc) is 3.77. The van der Waals surface area contributed by atoms with Crippen molar-refractivity contribution in [2.24, 2.45) is 17.8 Å². The number of ether oxygens (including phenoxy) is 2. The van der Waals surface area contributed by atoms with Crippen molar-refractivity contribution in [3.8, 4) is 0 Å². The van der Waals surface area contributed by atoms with Gasteiger partial charge in [-0.25, -0.2) is 0 Å². The Hall–Kier alpha value is -5.05. The Morgan fingerprint density at radius 3 is 2.45 bits per heavy atom. The van der Waals surface area contributed by atoms with Crippen LogP contribution in [-0.2, 0) is 19.1 Å². The lowest BCUT2D eigenvalue weighted by atomic mass is 9.85. The van der Waals surface area contributed by atoms with Gasteiger partial charge < -0.3 is 29.7 Å². The minimum atomic E-state index is -1.13. The zero-order valence-electron chi connectivity index (χ0n) is 28.1. The third-order valence-electron chi connectivity index (χ3n) is 9.76. The fourth-order valence-electron chi connectivity index (χ4n) is 7.08. The van der Waals surface area contributed by atoms with Gasteiger partial charge in [-0.05, 0) is 88.1 Å². The van der Waals surface area contributed by atoms with Crippen LogP contribution >= 0.6 is 0 Å². The highest BCUT2D eigenvalue weighted by Gasteiger charge is 2.48. The fourth-order valence-corrected chi connectivity index (χ4v) is 7.08. The van der Waals surface area contributed by atoms with E-state index in [0.717, 1.165) is 67.0 Å². The average molecular weight is 635 g/mol. The highest BCUT2D eigenvalue weighted by molar-refractivity contribution is 6.24. The summed E-state index contributed by atoms with van der Waals surface area (Å²) in [5, 5.41) is 5.47. The second kappa shape index (κ2) is 12.3. The lowest BCUT2D eigenvalue weighted by Gasteiger charge is -2.19. The van der Waals surface area contributed by atoms with Crippen molar-refractivity contribution in [1.82, 2.24) is 20.3 Å². The molecule has 5 heterocycles. The lowest BCUT2D eigenvalue weighted by molar-refractivity contribution is -0.143. The zero-order chi connectivity index (χ0) is 33.7. The number of carbonyl (C=O) groups is 3. The van der Waals surface area contributed by atoms with Crippen molar-refractivity contribution in [3.05, 3.63) is 97.0 Å². The molecule has 6 rings (SSSR count). The molecule has 0 aromatic carbocycles. The van der Waals surface area contributed by atoms with Crippen LogP contribution in [0.4, 0.5) is 0 Å². The number of fused-ring (bicyclic) bond motifs is 7. The van der Waals surface area contributed by atoms with Crippen molar-refractivity contribution in [3.63, 3.8) is 0 Å². The van der Waals surface area contributed by atoms with Crippen LogP contribution in [-0.4, -0.2) is 46.4 Å². The maximum atomic E-state index is 14.1. The summed E-state index contributed by atoms with van der Waals surface area (Å²) in [6.45, 7) is 16.3. The van der Waals surface area contributed by atoms with E-state index in [9.17, 15) is 14.4 Å². The third-order valence-corrected chi connectivity index (χ3v) is 9.76. The minimum Gasteiger partial charge on any atom is -0.468 e. The predicted octanol–water partition coefficient (Wildman–Crippen LogP) is 5.09. The second-order valence-electron chi connectivity index (χ2n) is 13.0. The quantitative estimate of drug-likeness (QED) is 0.163. The second-order valence-corrected chi connectivity index (χ2v) is 13.0. The summed E-state index contributed by atoms with van der Waals surface area (Å²) >= 11 is 0. The van der Waals surface area contributed by atoms with Gasteiger partial charge >= 0.3 is 11.9 Å². The molecule has 3 aromatic heterocycles. The molecular formula is C38H42N4O5. The molecule has 2 aliphatic heterocycles. The molecule has 1 aliphatic carbocycles. The molecule has 0 spiro atoms. The zero-order valence-corrected chi connectivity index (χ0v) is 28.1.